The molecule has 0 aliphatic carbocycles. The van der Waals surface area contributed by atoms with Gasteiger partial charge in [-0.1, -0.05) is 22.9 Å². The maximum atomic E-state index is 14.9. The quantitative estimate of drug-likeness (QED) is 0.191. The van der Waals surface area contributed by atoms with Crippen LogP contribution in [0.2, 0.25) is 5.02 Å². The van der Waals surface area contributed by atoms with Crippen LogP contribution in [0.3, 0.4) is 0 Å². The number of carbonyl (C=O) groups excluding carboxylic acids is 1. The summed E-state index contributed by atoms with van der Waals surface area (Å²) < 4.78 is 59.5. The summed E-state index contributed by atoms with van der Waals surface area (Å²) in [5.41, 5.74) is -1.92. The zero-order chi connectivity index (χ0) is 35.4. The van der Waals surface area contributed by atoms with E-state index in [1.807, 2.05) is 19.0 Å². The van der Waals surface area contributed by atoms with E-state index < -0.39 is 42.1 Å². The van der Waals surface area contributed by atoms with Gasteiger partial charge in [0, 0.05) is 42.2 Å². The zero-order valence-corrected chi connectivity index (χ0v) is 28.1. The minimum atomic E-state index is -4.95. The molecule has 2 fully saturated rings. The first-order chi connectivity index (χ1) is 23.2. The summed E-state index contributed by atoms with van der Waals surface area (Å²) in [6, 6.07) is 6.35. The van der Waals surface area contributed by atoms with Crippen LogP contribution in [0.25, 0.3) is 27.6 Å². The SMILES string of the molecule is Cc1c(Cl)cccc1-n1c(C(F)(F)F)cc2c(nc(N3CC(C)(N(C)C)C3)c3nnn(C4CCN(C(=O)/C=C/CF)C(CC#N)C4)c32)c1=O. The lowest BCUT2D eigenvalue weighted by molar-refractivity contribution is -0.142. The number of hydrogen-bond acceptors (Lipinski definition) is 8. The number of hydrogen-bond donors (Lipinski definition) is 0. The second-order valence-corrected chi connectivity index (χ2v) is 13.4. The molecule has 2 aliphatic heterocycles. The second-order valence-electron chi connectivity index (χ2n) is 13.0. The van der Waals surface area contributed by atoms with Crippen LogP contribution >= 0.6 is 11.6 Å². The number of likely N-dealkylation sites (tertiary alicyclic amines) is 1. The maximum absolute atomic E-state index is 14.9. The lowest BCUT2D eigenvalue weighted by Gasteiger charge is -2.52. The number of piperidine rings is 1. The molecule has 2 atom stereocenters. The fourth-order valence-corrected chi connectivity index (χ4v) is 6.97. The van der Waals surface area contributed by atoms with Crippen molar-refractivity contribution in [2.75, 3.05) is 45.3 Å². The predicted octanol–water partition coefficient (Wildman–Crippen LogP) is 5.22. The lowest BCUT2D eigenvalue weighted by atomic mass is 9.90. The Morgan fingerprint density at radius 1 is 1.24 bits per heavy atom. The molecule has 6 rings (SSSR count). The van der Waals surface area contributed by atoms with E-state index in [9.17, 15) is 32.4 Å². The molecule has 258 valence electrons. The van der Waals surface area contributed by atoms with Gasteiger partial charge in [0.05, 0.1) is 29.8 Å². The van der Waals surface area contributed by atoms with Crippen LogP contribution < -0.4 is 10.5 Å². The molecule has 1 aromatic carbocycles. The number of allylic oxidation sites excluding steroid dienone is 1. The van der Waals surface area contributed by atoms with Crippen molar-refractivity contribution < 1.29 is 22.4 Å². The van der Waals surface area contributed by atoms with E-state index in [0.717, 1.165) is 18.2 Å². The topological polar surface area (TPSA) is 116 Å². The van der Waals surface area contributed by atoms with Crippen molar-refractivity contribution in [1.82, 2.24) is 34.3 Å². The first kappa shape index (κ1) is 34.3. The third kappa shape index (κ3) is 5.90. The average molecular weight is 700 g/mol. The van der Waals surface area contributed by atoms with Crippen LogP contribution in [-0.4, -0.2) is 92.2 Å². The number of aromatic nitrogens is 5. The first-order valence-corrected chi connectivity index (χ1v) is 16.1. The lowest BCUT2D eigenvalue weighted by Crippen LogP contribution is -2.67. The number of benzene rings is 1. The fraction of sp³-hybridized carbons (Fsp3) is 0.455. The van der Waals surface area contributed by atoms with Gasteiger partial charge in [-0.25, -0.2) is 14.1 Å². The number of nitrogens with zero attached hydrogens (tertiary/aromatic N) is 9. The summed E-state index contributed by atoms with van der Waals surface area (Å²) in [5, 5.41) is 18.5. The van der Waals surface area contributed by atoms with Gasteiger partial charge in [-0.3, -0.25) is 14.2 Å². The van der Waals surface area contributed by atoms with E-state index in [1.54, 1.807) is 6.92 Å². The normalized spacial score (nSPS) is 19.6. The fourth-order valence-electron chi connectivity index (χ4n) is 6.80. The molecule has 2 unspecified atom stereocenters. The van der Waals surface area contributed by atoms with Gasteiger partial charge in [-0.2, -0.15) is 18.4 Å². The van der Waals surface area contributed by atoms with Crippen LogP contribution in [0, 0.1) is 18.3 Å². The van der Waals surface area contributed by atoms with Crippen molar-refractivity contribution in [2.24, 2.45) is 0 Å². The van der Waals surface area contributed by atoms with E-state index in [0.29, 0.717) is 35.5 Å². The van der Waals surface area contributed by atoms with Crippen LogP contribution in [0.4, 0.5) is 23.4 Å². The molecule has 4 aromatic rings. The molecular weight excluding hydrogens is 666 g/mol. The Kier molecular flexibility index (Phi) is 8.91. The second kappa shape index (κ2) is 12.7. The summed E-state index contributed by atoms with van der Waals surface area (Å²) in [6.45, 7) is 4.00. The van der Waals surface area contributed by atoms with Crippen molar-refractivity contribution in [2.45, 2.75) is 56.9 Å². The van der Waals surface area contributed by atoms with Gasteiger partial charge in [0.15, 0.2) is 11.3 Å². The van der Waals surface area contributed by atoms with E-state index in [4.69, 9.17) is 16.6 Å². The van der Waals surface area contributed by atoms with Gasteiger partial charge < -0.3 is 14.7 Å². The highest BCUT2D eigenvalue weighted by molar-refractivity contribution is 6.31. The minimum Gasteiger partial charge on any atom is -0.351 e. The first-order valence-electron chi connectivity index (χ1n) is 15.7. The Morgan fingerprint density at radius 3 is 2.63 bits per heavy atom. The van der Waals surface area contributed by atoms with E-state index in [-0.39, 0.29) is 57.6 Å². The molecular formula is C33H34ClF4N9O2. The number of anilines is 1. The summed E-state index contributed by atoms with van der Waals surface area (Å²) in [5.74, 6) is -0.123. The van der Waals surface area contributed by atoms with Crippen LogP contribution in [-0.2, 0) is 11.0 Å². The number of fused-ring (bicyclic) bond motifs is 3. The standard InChI is InChI=1S/C33H34ClF4N9O2/c1-19-23(34)7-5-8-24(19)46-25(33(36,37)38)16-22-27(31(46)49)40-30(44-17-32(2,18-44)43(3)4)28-29(22)47(42-41-28)21-11-14-45(20(15-21)10-13-39)26(48)9-6-12-35/h5-9,16,20-21H,10-12,14-15,17-18H2,1-4H3/b9-6+. The summed E-state index contributed by atoms with van der Waals surface area (Å²) in [6.07, 6.45) is -2.20. The largest absolute Gasteiger partial charge is 0.431 e. The Hall–Kier alpha value is -4.55. The van der Waals surface area contributed by atoms with E-state index >= 15 is 0 Å². The van der Waals surface area contributed by atoms with Gasteiger partial charge in [0.2, 0.25) is 5.91 Å². The van der Waals surface area contributed by atoms with Crippen LogP contribution in [0.1, 0.15) is 43.5 Å². The Morgan fingerprint density at radius 2 is 1.98 bits per heavy atom. The molecule has 0 spiro atoms. The predicted molar refractivity (Wildman–Crippen MR) is 177 cm³/mol. The zero-order valence-electron chi connectivity index (χ0n) is 27.3. The van der Waals surface area contributed by atoms with Crippen molar-refractivity contribution in [3.8, 4) is 11.8 Å². The summed E-state index contributed by atoms with van der Waals surface area (Å²) in [4.78, 5) is 37.3. The number of amides is 1. The van der Waals surface area contributed by atoms with Crippen LogP contribution in [0.5, 0.6) is 0 Å². The maximum Gasteiger partial charge on any atom is 0.431 e. The number of pyridine rings is 2. The highest BCUT2D eigenvalue weighted by atomic mass is 35.5. The van der Waals surface area contributed by atoms with Crippen molar-refractivity contribution in [3.63, 3.8) is 0 Å². The molecule has 2 aliphatic rings. The number of carbonyl (C=O) groups is 1. The molecule has 3 aromatic heterocycles. The van der Waals surface area contributed by atoms with Gasteiger partial charge >= 0.3 is 6.18 Å². The third-order valence-electron chi connectivity index (χ3n) is 9.77. The molecule has 0 saturated carbocycles. The average Bonchev–Trinajstić information content (AvgIpc) is 3.49. The number of likely N-dealkylation sites (N-methyl/N-ethyl adjacent to an activating group) is 1. The number of nitriles is 1. The number of halogens is 5. The monoisotopic (exact) mass is 699 g/mol. The summed E-state index contributed by atoms with van der Waals surface area (Å²) >= 11 is 6.30. The van der Waals surface area contributed by atoms with Gasteiger partial charge in [0.1, 0.15) is 23.4 Å². The van der Waals surface area contributed by atoms with Gasteiger partial charge in [-0.15, -0.1) is 5.10 Å². The van der Waals surface area contributed by atoms with Crippen molar-refractivity contribution in [3.05, 3.63) is 63.1 Å². The Balaban J connectivity index is 1.59. The summed E-state index contributed by atoms with van der Waals surface area (Å²) in [7, 11) is 3.90. The molecule has 2 saturated heterocycles. The smallest absolute Gasteiger partial charge is 0.351 e. The van der Waals surface area contributed by atoms with E-state index in [1.165, 1.54) is 27.8 Å². The van der Waals surface area contributed by atoms with E-state index in [2.05, 4.69) is 28.2 Å². The molecule has 0 N–H and O–H groups in total. The van der Waals surface area contributed by atoms with Crippen molar-refractivity contribution >= 4 is 45.3 Å². The van der Waals surface area contributed by atoms with Crippen molar-refractivity contribution in [1.29, 1.82) is 5.26 Å². The number of rotatable bonds is 7. The molecule has 0 radical (unpaired) electrons. The number of alkyl halides is 4. The molecule has 11 nitrogen and oxygen atoms in total. The molecule has 16 heteroatoms. The molecule has 5 heterocycles. The van der Waals surface area contributed by atoms with Gasteiger partial charge in [-0.05, 0) is 70.6 Å². The minimum absolute atomic E-state index is 0.0231. The highest BCUT2D eigenvalue weighted by Gasteiger charge is 2.44. The van der Waals surface area contributed by atoms with Crippen LogP contribution in [0.15, 0.2) is 41.2 Å². The third-order valence-corrected chi connectivity index (χ3v) is 10.2. The molecule has 0 bridgehead atoms. The highest BCUT2D eigenvalue weighted by Crippen LogP contribution is 2.40. The Labute approximate surface area is 283 Å². The molecule has 49 heavy (non-hydrogen) atoms. The van der Waals surface area contributed by atoms with Gasteiger partial charge in [0.25, 0.3) is 5.56 Å². The Bertz CT molecular complexity index is 2080. The molecule has 1 amide bonds.